The van der Waals surface area contributed by atoms with Crippen molar-refractivity contribution >= 4 is 19.7 Å². The van der Waals surface area contributed by atoms with E-state index in [9.17, 15) is 13.5 Å². The molecule has 5 nitrogen and oxygen atoms in total. The van der Waals surface area contributed by atoms with E-state index >= 15 is 0 Å². The summed E-state index contributed by atoms with van der Waals surface area (Å²) in [5, 5.41) is 9.43. The van der Waals surface area contributed by atoms with Crippen LogP contribution in [0, 0.1) is 17.8 Å². The lowest BCUT2D eigenvalue weighted by molar-refractivity contribution is -0.124. The van der Waals surface area contributed by atoms with Gasteiger partial charge < -0.3 is 14.6 Å². The molecule has 0 aromatic carbocycles. The van der Waals surface area contributed by atoms with Crippen molar-refractivity contribution < 1.29 is 23.0 Å². The molecule has 2 saturated heterocycles. The van der Waals surface area contributed by atoms with Crippen molar-refractivity contribution in [2.24, 2.45) is 17.8 Å². The minimum Gasteiger partial charge on any atom is -0.393 e. The summed E-state index contributed by atoms with van der Waals surface area (Å²) in [5.74, 6) is 1.87. The van der Waals surface area contributed by atoms with E-state index in [1.165, 1.54) is 6.42 Å². The van der Waals surface area contributed by atoms with Crippen LogP contribution in [0.2, 0.25) is 0 Å². The molecule has 2 rings (SSSR count). The Labute approximate surface area is 158 Å². The second kappa shape index (κ2) is 9.88. The van der Waals surface area contributed by atoms with Crippen molar-refractivity contribution in [3.63, 3.8) is 0 Å². The molecule has 2 fully saturated rings. The molecule has 152 valence electrons. The number of hydrogen-bond acceptors (Lipinski definition) is 5. The minimum absolute atomic E-state index is 0.119. The van der Waals surface area contributed by atoms with Crippen molar-refractivity contribution in [3.05, 3.63) is 0 Å². The Kier molecular flexibility index (Phi) is 9.93. The summed E-state index contributed by atoms with van der Waals surface area (Å²) in [6.45, 7) is 16.6. The summed E-state index contributed by atoms with van der Waals surface area (Å²) >= 11 is 0. The number of halogens is 1. The molecule has 25 heavy (non-hydrogen) atoms. The van der Waals surface area contributed by atoms with Crippen molar-refractivity contribution in [1.29, 1.82) is 0 Å². The van der Waals surface area contributed by atoms with E-state index in [1.54, 1.807) is 0 Å². The molecule has 0 spiro atoms. The fourth-order valence-corrected chi connectivity index (χ4v) is 2.79. The van der Waals surface area contributed by atoms with Gasteiger partial charge in [-0.3, -0.25) is 0 Å². The SMILES string of the molecule is CS(=O)(=O)Cl.C[C@H]1COC(C)(C)C[C@@H]1C.C[C@H]1COC(C)(C)C[C@@H]1O. The Bertz CT molecular complexity index is 452. The summed E-state index contributed by atoms with van der Waals surface area (Å²) in [6, 6.07) is 0. The number of hydrogen-bond donors (Lipinski definition) is 1. The molecule has 0 aliphatic carbocycles. The third-order valence-corrected chi connectivity index (χ3v) is 4.62. The Morgan fingerprint density at radius 2 is 1.24 bits per heavy atom. The zero-order valence-corrected chi connectivity index (χ0v) is 18.6. The normalized spacial score (nSPS) is 34.0. The molecule has 0 aromatic heterocycles. The van der Waals surface area contributed by atoms with Crippen molar-refractivity contribution in [2.75, 3.05) is 19.5 Å². The average Bonchev–Trinajstić information content (AvgIpc) is 2.37. The first-order chi connectivity index (χ1) is 11.0. The molecule has 0 bridgehead atoms. The molecule has 0 radical (unpaired) electrons. The molecule has 0 aromatic rings. The highest BCUT2D eigenvalue weighted by Gasteiger charge is 2.32. The van der Waals surface area contributed by atoms with Crippen molar-refractivity contribution in [2.45, 2.75) is 78.6 Å². The van der Waals surface area contributed by atoms with Gasteiger partial charge in [-0.15, -0.1) is 0 Å². The maximum Gasteiger partial charge on any atom is 0.229 e. The lowest BCUT2D eigenvalue weighted by Gasteiger charge is -2.37. The van der Waals surface area contributed by atoms with E-state index in [2.05, 4.69) is 38.4 Å². The van der Waals surface area contributed by atoms with Gasteiger partial charge in [0, 0.05) is 23.0 Å². The predicted octanol–water partition coefficient (Wildman–Crippen LogP) is 3.82. The van der Waals surface area contributed by atoms with Gasteiger partial charge in [0.2, 0.25) is 9.05 Å². The van der Waals surface area contributed by atoms with Crippen LogP contribution < -0.4 is 0 Å². The zero-order valence-electron chi connectivity index (χ0n) is 17.0. The Morgan fingerprint density at radius 3 is 1.52 bits per heavy atom. The van der Waals surface area contributed by atoms with Gasteiger partial charge in [-0.05, 0) is 46.0 Å². The van der Waals surface area contributed by atoms with Gasteiger partial charge in [0.1, 0.15) is 0 Å². The highest BCUT2D eigenvalue weighted by atomic mass is 35.7. The van der Waals surface area contributed by atoms with Gasteiger partial charge in [-0.1, -0.05) is 20.8 Å². The van der Waals surface area contributed by atoms with Crippen LogP contribution in [0.25, 0.3) is 0 Å². The molecule has 0 saturated carbocycles. The van der Waals surface area contributed by atoms with Crippen LogP contribution in [0.3, 0.4) is 0 Å². The topological polar surface area (TPSA) is 72.8 Å². The van der Waals surface area contributed by atoms with Crippen LogP contribution in [-0.2, 0) is 18.5 Å². The molecular formula is C18H37ClO5S. The Morgan fingerprint density at radius 1 is 0.880 bits per heavy atom. The number of aliphatic hydroxyl groups is 1. The number of rotatable bonds is 0. The Balaban J connectivity index is 0.000000368. The third-order valence-electron chi connectivity index (χ3n) is 4.62. The first kappa shape index (κ1) is 25.1. The minimum atomic E-state index is -3.19. The fraction of sp³-hybridized carbons (Fsp3) is 1.00. The van der Waals surface area contributed by atoms with Crippen molar-refractivity contribution in [1.82, 2.24) is 0 Å². The average molecular weight is 401 g/mol. The van der Waals surface area contributed by atoms with Gasteiger partial charge in [-0.25, -0.2) is 8.42 Å². The summed E-state index contributed by atoms with van der Waals surface area (Å²) in [6.07, 6.45) is 2.71. The maximum atomic E-state index is 9.43. The standard InChI is InChI=1S/C9H18O.C8H16O2.CH3ClO2S/c1-7-5-9(3,4)10-6-8(7)2;1-6-5-10-8(2,3)4-7(6)9;1-5(2,3)4/h7-8H,5-6H2,1-4H3;6-7,9H,4-5H2,1-3H3;1H3/t7-,8-;6-,7-;/m00./s1. The van der Waals surface area contributed by atoms with E-state index in [4.69, 9.17) is 9.47 Å². The van der Waals surface area contributed by atoms with Crippen LogP contribution >= 0.6 is 10.7 Å². The lowest BCUT2D eigenvalue weighted by Crippen LogP contribution is -2.41. The van der Waals surface area contributed by atoms with E-state index in [1.807, 2.05) is 20.8 Å². The Hall–Kier alpha value is 0.120. The van der Waals surface area contributed by atoms with Gasteiger partial charge in [0.05, 0.1) is 36.8 Å². The summed E-state index contributed by atoms with van der Waals surface area (Å²) < 4.78 is 29.9. The number of ether oxygens (including phenoxy) is 2. The third kappa shape index (κ3) is 13.0. The van der Waals surface area contributed by atoms with Gasteiger partial charge in [0.25, 0.3) is 0 Å². The van der Waals surface area contributed by atoms with Crippen LogP contribution in [0.1, 0.15) is 61.3 Å². The summed E-state index contributed by atoms with van der Waals surface area (Å²) in [4.78, 5) is 0. The van der Waals surface area contributed by atoms with Crippen LogP contribution in [0.15, 0.2) is 0 Å². The van der Waals surface area contributed by atoms with E-state index in [-0.39, 0.29) is 17.3 Å². The van der Waals surface area contributed by atoms with Crippen LogP contribution in [0.4, 0.5) is 0 Å². The molecule has 1 N–H and O–H groups in total. The molecule has 0 amide bonds. The predicted molar refractivity (Wildman–Crippen MR) is 103 cm³/mol. The van der Waals surface area contributed by atoms with Crippen molar-refractivity contribution in [3.8, 4) is 0 Å². The zero-order chi connectivity index (χ0) is 20.1. The molecule has 2 aliphatic rings. The molecule has 2 heterocycles. The quantitative estimate of drug-likeness (QED) is 0.625. The van der Waals surface area contributed by atoms with Gasteiger partial charge in [-0.2, -0.15) is 0 Å². The molecular weight excluding hydrogens is 364 g/mol. The van der Waals surface area contributed by atoms with E-state index < -0.39 is 9.05 Å². The lowest BCUT2D eigenvalue weighted by atomic mass is 9.83. The second-order valence-corrected chi connectivity index (χ2v) is 11.8. The summed E-state index contributed by atoms with van der Waals surface area (Å²) in [5.41, 5.74) is 0.0118. The number of aliphatic hydroxyl groups excluding tert-OH is 1. The fourth-order valence-electron chi connectivity index (χ4n) is 2.79. The van der Waals surface area contributed by atoms with E-state index in [0.29, 0.717) is 12.5 Å². The van der Waals surface area contributed by atoms with Gasteiger partial charge >= 0.3 is 0 Å². The largest absolute Gasteiger partial charge is 0.393 e. The van der Waals surface area contributed by atoms with Crippen LogP contribution in [-0.4, -0.2) is 50.3 Å². The summed E-state index contributed by atoms with van der Waals surface area (Å²) in [7, 11) is 1.31. The first-order valence-corrected chi connectivity index (χ1v) is 11.6. The highest BCUT2D eigenvalue weighted by molar-refractivity contribution is 8.13. The maximum absolute atomic E-state index is 9.43. The van der Waals surface area contributed by atoms with Gasteiger partial charge in [0.15, 0.2) is 0 Å². The molecule has 0 unspecified atom stereocenters. The highest BCUT2D eigenvalue weighted by Crippen LogP contribution is 2.31. The molecule has 4 atom stereocenters. The smallest absolute Gasteiger partial charge is 0.229 e. The van der Waals surface area contributed by atoms with E-state index in [0.717, 1.165) is 31.1 Å². The molecule has 7 heteroatoms. The second-order valence-electron chi connectivity index (χ2n) is 8.73. The molecule has 2 aliphatic heterocycles. The monoisotopic (exact) mass is 400 g/mol. The van der Waals surface area contributed by atoms with Crippen LogP contribution in [0.5, 0.6) is 0 Å². The first-order valence-electron chi connectivity index (χ1n) is 8.88.